The van der Waals surface area contributed by atoms with Crippen molar-refractivity contribution in [2.75, 3.05) is 27.2 Å². The largest absolute Gasteiger partial charge is 0.355 e. The Kier molecular flexibility index (Phi) is 3.91. The lowest BCUT2D eigenvalue weighted by molar-refractivity contribution is -0.126. The highest BCUT2D eigenvalue weighted by atomic mass is 16.2. The van der Waals surface area contributed by atoms with Crippen LogP contribution in [0.25, 0.3) is 0 Å². The number of likely N-dealkylation sites (N-methyl/N-ethyl adjacent to an activating group) is 1. The minimum Gasteiger partial charge on any atom is -0.355 e. The molecule has 0 aliphatic carbocycles. The molecular formula is C11H21N3O2. The second-order valence-electron chi connectivity index (χ2n) is 5.13. The zero-order chi connectivity index (χ0) is 12.3. The van der Waals surface area contributed by atoms with Crippen LogP contribution < -0.4 is 10.6 Å². The maximum absolute atomic E-state index is 11.7. The molecule has 0 aromatic rings. The highest BCUT2D eigenvalue weighted by molar-refractivity contribution is 5.89. The third-order valence-electron chi connectivity index (χ3n) is 3.25. The van der Waals surface area contributed by atoms with Crippen LogP contribution in [0.3, 0.4) is 0 Å². The van der Waals surface area contributed by atoms with Gasteiger partial charge in [-0.05, 0) is 27.9 Å². The first-order chi connectivity index (χ1) is 7.33. The topological polar surface area (TPSA) is 61.4 Å². The molecule has 92 valence electrons. The molecule has 2 amide bonds. The van der Waals surface area contributed by atoms with Crippen LogP contribution in [-0.4, -0.2) is 49.4 Å². The van der Waals surface area contributed by atoms with E-state index in [0.29, 0.717) is 19.5 Å². The average molecular weight is 227 g/mol. The third-order valence-corrected chi connectivity index (χ3v) is 3.25. The lowest BCUT2D eigenvalue weighted by Crippen LogP contribution is -2.49. The number of carbonyl (C=O) groups excluding carboxylic acids is 2. The lowest BCUT2D eigenvalue weighted by Gasteiger charge is -2.32. The molecule has 1 atom stereocenters. The van der Waals surface area contributed by atoms with Gasteiger partial charge in [0, 0.05) is 25.0 Å². The van der Waals surface area contributed by atoms with Crippen molar-refractivity contribution in [2.24, 2.45) is 5.92 Å². The minimum absolute atomic E-state index is 0.0340. The van der Waals surface area contributed by atoms with Gasteiger partial charge >= 0.3 is 0 Å². The van der Waals surface area contributed by atoms with Crippen LogP contribution in [0, 0.1) is 5.92 Å². The fourth-order valence-corrected chi connectivity index (χ4v) is 1.40. The number of amides is 2. The van der Waals surface area contributed by atoms with E-state index in [9.17, 15) is 9.59 Å². The van der Waals surface area contributed by atoms with E-state index in [2.05, 4.69) is 29.4 Å². The van der Waals surface area contributed by atoms with Crippen LogP contribution in [0.1, 0.15) is 20.3 Å². The molecule has 0 aromatic heterocycles. The highest BCUT2D eigenvalue weighted by Gasteiger charge is 2.29. The molecule has 1 heterocycles. The molecule has 16 heavy (non-hydrogen) atoms. The van der Waals surface area contributed by atoms with Crippen LogP contribution in [-0.2, 0) is 9.59 Å². The first-order valence-electron chi connectivity index (χ1n) is 5.55. The van der Waals surface area contributed by atoms with Gasteiger partial charge in [0.1, 0.15) is 0 Å². The number of hydrogen-bond acceptors (Lipinski definition) is 3. The summed E-state index contributed by atoms with van der Waals surface area (Å²) in [7, 11) is 3.96. The van der Waals surface area contributed by atoms with Crippen molar-refractivity contribution < 1.29 is 9.59 Å². The molecular weight excluding hydrogens is 206 g/mol. The molecule has 1 fully saturated rings. The first-order valence-corrected chi connectivity index (χ1v) is 5.55. The van der Waals surface area contributed by atoms with E-state index < -0.39 is 0 Å². The fraction of sp³-hybridized carbons (Fsp3) is 0.818. The standard InChI is InChI=1S/C11H21N3O2/c1-11(2,14(3)4)7-13-10(16)8-5-9(15)12-6-8/h8H,5-7H2,1-4H3,(H,12,15)(H,13,16). The van der Waals surface area contributed by atoms with E-state index >= 15 is 0 Å². The molecule has 1 unspecified atom stereocenters. The summed E-state index contributed by atoms with van der Waals surface area (Å²) in [5.74, 6) is -0.272. The zero-order valence-electron chi connectivity index (χ0n) is 10.5. The molecule has 1 rings (SSSR count). The van der Waals surface area contributed by atoms with E-state index in [1.165, 1.54) is 0 Å². The van der Waals surface area contributed by atoms with E-state index in [1.807, 2.05) is 14.1 Å². The Morgan fingerprint density at radius 3 is 2.62 bits per heavy atom. The quantitative estimate of drug-likeness (QED) is 0.685. The maximum Gasteiger partial charge on any atom is 0.225 e. The number of hydrogen-bond donors (Lipinski definition) is 2. The van der Waals surface area contributed by atoms with Gasteiger partial charge in [-0.3, -0.25) is 9.59 Å². The van der Waals surface area contributed by atoms with Gasteiger partial charge in [-0.15, -0.1) is 0 Å². The van der Waals surface area contributed by atoms with Gasteiger partial charge in [-0.1, -0.05) is 0 Å². The van der Waals surface area contributed by atoms with E-state index in [1.54, 1.807) is 0 Å². The van der Waals surface area contributed by atoms with Gasteiger partial charge in [0.15, 0.2) is 0 Å². The molecule has 2 N–H and O–H groups in total. The molecule has 1 aliphatic heterocycles. The summed E-state index contributed by atoms with van der Waals surface area (Å²) in [6.07, 6.45) is 0.314. The lowest BCUT2D eigenvalue weighted by atomic mass is 10.0. The molecule has 0 spiro atoms. The fourth-order valence-electron chi connectivity index (χ4n) is 1.40. The smallest absolute Gasteiger partial charge is 0.225 e. The summed E-state index contributed by atoms with van der Waals surface area (Å²) in [6.45, 7) is 5.17. The number of nitrogens with zero attached hydrogens (tertiary/aromatic N) is 1. The summed E-state index contributed by atoms with van der Waals surface area (Å²) in [4.78, 5) is 24.8. The Bertz CT molecular complexity index is 287. The number of nitrogens with one attached hydrogen (secondary N) is 2. The summed E-state index contributed by atoms with van der Waals surface area (Å²) in [6, 6.07) is 0. The molecule has 0 saturated carbocycles. The Balaban J connectivity index is 2.38. The Hall–Kier alpha value is -1.10. The minimum atomic E-state index is -0.203. The summed E-state index contributed by atoms with van der Waals surface area (Å²) in [5, 5.41) is 5.55. The predicted octanol–water partition coefficient (Wildman–Crippen LogP) is -0.421. The first kappa shape index (κ1) is 13.0. The van der Waals surface area contributed by atoms with E-state index in [0.717, 1.165) is 0 Å². The van der Waals surface area contributed by atoms with Crippen LogP contribution in [0.5, 0.6) is 0 Å². The van der Waals surface area contributed by atoms with E-state index in [-0.39, 0.29) is 23.3 Å². The van der Waals surface area contributed by atoms with Crippen molar-refractivity contribution >= 4 is 11.8 Å². The SMILES string of the molecule is CN(C)C(C)(C)CNC(=O)C1CNC(=O)C1. The number of rotatable bonds is 4. The van der Waals surface area contributed by atoms with Crippen molar-refractivity contribution in [3.8, 4) is 0 Å². The molecule has 5 heteroatoms. The van der Waals surface area contributed by atoms with Crippen molar-refractivity contribution in [1.29, 1.82) is 0 Å². The summed E-state index contributed by atoms with van der Waals surface area (Å²) >= 11 is 0. The Morgan fingerprint density at radius 2 is 2.19 bits per heavy atom. The van der Waals surface area contributed by atoms with Crippen LogP contribution in [0.2, 0.25) is 0 Å². The van der Waals surface area contributed by atoms with Gasteiger partial charge in [-0.25, -0.2) is 0 Å². The molecule has 0 radical (unpaired) electrons. The number of carbonyl (C=O) groups is 2. The highest BCUT2D eigenvalue weighted by Crippen LogP contribution is 2.11. The van der Waals surface area contributed by atoms with Crippen molar-refractivity contribution in [1.82, 2.24) is 15.5 Å². The summed E-state index contributed by atoms with van der Waals surface area (Å²) < 4.78 is 0. The second-order valence-corrected chi connectivity index (χ2v) is 5.13. The van der Waals surface area contributed by atoms with Gasteiger partial charge in [0.2, 0.25) is 11.8 Å². The monoisotopic (exact) mass is 227 g/mol. The van der Waals surface area contributed by atoms with Crippen LogP contribution >= 0.6 is 0 Å². The van der Waals surface area contributed by atoms with E-state index in [4.69, 9.17) is 0 Å². The second kappa shape index (κ2) is 4.82. The molecule has 1 aliphatic rings. The van der Waals surface area contributed by atoms with Crippen molar-refractivity contribution in [3.63, 3.8) is 0 Å². The normalized spacial score (nSPS) is 21.1. The van der Waals surface area contributed by atoms with Crippen molar-refractivity contribution in [3.05, 3.63) is 0 Å². The summed E-state index contributed by atoms with van der Waals surface area (Å²) in [5.41, 5.74) is -0.0777. The van der Waals surface area contributed by atoms with Crippen LogP contribution in [0.15, 0.2) is 0 Å². The van der Waals surface area contributed by atoms with Crippen LogP contribution in [0.4, 0.5) is 0 Å². The molecule has 5 nitrogen and oxygen atoms in total. The van der Waals surface area contributed by atoms with Gasteiger partial charge < -0.3 is 15.5 Å². The molecule has 0 aromatic carbocycles. The van der Waals surface area contributed by atoms with Gasteiger partial charge in [-0.2, -0.15) is 0 Å². The zero-order valence-corrected chi connectivity index (χ0v) is 10.5. The predicted molar refractivity (Wildman–Crippen MR) is 61.9 cm³/mol. The maximum atomic E-state index is 11.7. The average Bonchev–Trinajstić information content (AvgIpc) is 2.61. The Morgan fingerprint density at radius 1 is 1.56 bits per heavy atom. The van der Waals surface area contributed by atoms with Gasteiger partial charge in [0.05, 0.1) is 5.92 Å². The Labute approximate surface area is 96.6 Å². The van der Waals surface area contributed by atoms with Crippen molar-refractivity contribution in [2.45, 2.75) is 25.8 Å². The molecule has 1 saturated heterocycles. The third kappa shape index (κ3) is 3.20. The van der Waals surface area contributed by atoms with Gasteiger partial charge in [0.25, 0.3) is 0 Å². The molecule has 0 bridgehead atoms.